The average molecular weight is 428 g/mol. The van der Waals surface area contributed by atoms with Crippen molar-refractivity contribution in [3.63, 3.8) is 0 Å². The van der Waals surface area contributed by atoms with Gasteiger partial charge < -0.3 is 13.9 Å². The van der Waals surface area contributed by atoms with E-state index in [0.29, 0.717) is 5.92 Å². The van der Waals surface area contributed by atoms with Crippen molar-refractivity contribution in [1.82, 2.24) is 23.8 Å². The summed E-state index contributed by atoms with van der Waals surface area (Å²) in [7, 11) is 0. The van der Waals surface area contributed by atoms with E-state index in [1.807, 2.05) is 61.0 Å². The molecule has 1 fully saturated rings. The summed E-state index contributed by atoms with van der Waals surface area (Å²) in [6.07, 6.45) is 13.9. The first-order valence-electron chi connectivity index (χ1n) is 11.4. The second-order valence-electron chi connectivity index (χ2n) is 8.79. The monoisotopic (exact) mass is 427 g/mol. The lowest BCUT2D eigenvalue weighted by Crippen LogP contribution is -2.32. The largest absolute Gasteiger partial charge is 0.339 e. The van der Waals surface area contributed by atoms with Gasteiger partial charge in [-0.2, -0.15) is 0 Å². The lowest BCUT2D eigenvalue weighted by atomic mass is 9.93. The third kappa shape index (κ3) is 4.31. The number of aromatic nitrogens is 4. The highest BCUT2D eigenvalue weighted by atomic mass is 16.2. The molecule has 5 rings (SSSR count). The highest BCUT2D eigenvalue weighted by Gasteiger charge is 2.22. The smallest absolute Gasteiger partial charge is 0.253 e. The van der Waals surface area contributed by atoms with Crippen LogP contribution in [0.15, 0.2) is 67.4 Å². The minimum Gasteiger partial charge on any atom is -0.339 e. The van der Waals surface area contributed by atoms with Crippen LogP contribution in [-0.4, -0.2) is 42.8 Å². The van der Waals surface area contributed by atoms with Crippen molar-refractivity contribution in [1.29, 1.82) is 0 Å². The van der Waals surface area contributed by atoms with Gasteiger partial charge in [-0.05, 0) is 67.9 Å². The summed E-state index contributed by atoms with van der Waals surface area (Å²) in [6.45, 7) is 4.36. The Hall–Kier alpha value is -3.41. The number of pyridine rings is 1. The number of nitrogens with zero attached hydrogens (tertiary/aromatic N) is 5. The Kier molecular flexibility index (Phi) is 5.75. The molecule has 0 saturated carbocycles. The number of hydrogen-bond donors (Lipinski definition) is 0. The summed E-state index contributed by atoms with van der Waals surface area (Å²) in [6, 6.07) is 12.3. The summed E-state index contributed by atoms with van der Waals surface area (Å²) in [5.74, 6) is 1.70. The Morgan fingerprint density at radius 3 is 2.81 bits per heavy atom. The van der Waals surface area contributed by atoms with Crippen molar-refractivity contribution in [3.05, 3.63) is 89.9 Å². The standard InChI is InChI=1S/C26H29N5O/c1-20-27-10-16-31(20)19-22-5-2-7-24(18-22)26(32)30-13-3-6-21(9-14-30)17-23-8-4-12-29-15-11-28-25(23)29/h2,4-5,7-8,10-12,15-16,18,21H,3,6,9,13-14,17,19H2,1H3/t21-/m1/s1. The Bertz CT molecular complexity index is 1220. The van der Waals surface area contributed by atoms with E-state index >= 15 is 0 Å². The van der Waals surface area contributed by atoms with Gasteiger partial charge in [-0.1, -0.05) is 18.2 Å². The molecule has 1 amide bonds. The molecule has 6 nitrogen and oxygen atoms in total. The number of rotatable bonds is 5. The number of carbonyl (C=O) groups is 1. The number of carbonyl (C=O) groups excluding carboxylic acids is 1. The maximum atomic E-state index is 13.3. The first-order chi connectivity index (χ1) is 15.7. The summed E-state index contributed by atoms with van der Waals surface area (Å²) >= 11 is 0. The highest BCUT2D eigenvalue weighted by molar-refractivity contribution is 5.94. The Balaban J connectivity index is 1.24. The van der Waals surface area contributed by atoms with E-state index in [1.165, 1.54) is 5.56 Å². The third-order valence-corrected chi connectivity index (χ3v) is 6.59. The Labute approximate surface area is 188 Å². The number of imidazole rings is 2. The highest BCUT2D eigenvalue weighted by Crippen LogP contribution is 2.24. The van der Waals surface area contributed by atoms with E-state index in [4.69, 9.17) is 0 Å². The predicted molar refractivity (Wildman–Crippen MR) is 125 cm³/mol. The number of hydrogen-bond acceptors (Lipinski definition) is 3. The van der Waals surface area contributed by atoms with Crippen LogP contribution in [0, 0.1) is 12.8 Å². The van der Waals surface area contributed by atoms with Gasteiger partial charge in [0.1, 0.15) is 11.5 Å². The molecule has 1 aliphatic rings. The van der Waals surface area contributed by atoms with Crippen LogP contribution >= 0.6 is 0 Å². The van der Waals surface area contributed by atoms with E-state index in [2.05, 4.69) is 37.1 Å². The third-order valence-electron chi connectivity index (χ3n) is 6.59. The average Bonchev–Trinajstić information content (AvgIpc) is 3.38. The second kappa shape index (κ2) is 8.99. The van der Waals surface area contributed by atoms with Gasteiger partial charge in [-0.25, -0.2) is 9.97 Å². The zero-order valence-electron chi connectivity index (χ0n) is 18.5. The molecule has 1 saturated heterocycles. The molecule has 0 bridgehead atoms. The molecular formula is C26H29N5O. The van der Waals surface area contributed by atoms with Crippen LogP contribution in [0.1, 0.15) is 46.6 Å². The van der Waals surface area contributed by atoms with Gasteiger partial charge in [0.2, 0.25) is 0 Å². The second-order valence-corrected chi connectivity index (χ2v) is 8.79. The first-order valence-corrected chi connectivity index (χ1v) is 11.4. The summed E-state index contributed by atoms with van der Waals surface area (Å²) in [5.41, 5.74) is 4.25. The van der Waals surface area contributed by atoms with Crippen LogP contribution in [0.2, 0.25) is 0 Å². The number of aryl methyl sites for hydroxylation is 1. The molecule has 0 N–H and O–H groups in total. The fourth-order valence-electron chi connectivity index (χ4n) is 4.80. The van der Waals surface area contributed by atoms with E-state index < -0.39 is 0 Å². The van der Waals surface area contributed by atoms with Crippen LogP contribution in [0.4, 0.5) is 0 Å². The number of fused-ring (bicyclic) bond motifs is 1. The van der Waals surface area contributed by atoms with Gasteiger partial charge in [0.05, 0.1) is 0 Å². The molecule has 0 spiro atoms. The maximum absolute atomic E-state index is 13.3. The minimum atomic E-state index is 0.144. The molecule has 0 unspecified atom stereocenters. The van der Waals surface area contributed by atoms with Gasteiger partial charge in [-0.15, -0.1) is 0 Å². The van der Waals surface area contributed by atoms with E-state index in [-0.39, 0.29) is 5.91 Å². The Morgan fingerprint density at radius 2 is 1.94 bits per heavy atom. The van der Waals surface area contributed by atoms with E-state index in [0.717, 1.165) is 67.9 Å². The molecule has 3 aromatic heterocycles. The van der Waals surface area contributed by atoms with Gasteiger partial charge in [0.15, 0.2) is 0 Å². The van der Waals surface area contributed by atoms with Crippen LogP contribution < -0.4 is 0 Å². The van der Waals surface area contributed by atoms with Gasteiger partial charge in [-0.3, -0.25) is 4.79 Å². The van der Waals surface area contributed by atoms with Crippen molar-refractivity contribution in [3.8, 4) is 0 Å². The molecular weight excluding hydrogens is 398 g/mol. The summed E-state index contributed by atoms with van der Waals surface area (Å²) in [4.78, 5) is 24.1. The van der Waals surface area contributed by atoms with Crippen molar-refractivity contribution in [2.24, 2.45) is 5.92 Å². The van der Waals surface area contributed by atoms with Crippen LogP contribution in [0.5, 0.6) is 0 Å². The van der Waals surface area contributed by atoms with Gasteiger partial charge >= 0.3 is 0 Å². The van der Waals surface area contributed by atoms with E-state index in [9.17, 15) is 4.79 Å². The first kappa shape index (κ1) is 20.5. The van der Waals surface area contributed by atoms with Crippen molar-refractivity contribution in [2.45, 2.75) is 39.2 Å². The molecule has 4 heterocycles. The predicted octanol–water partition coefficient (Wildman–Crippen LogP) is 4.37. The van der Waals surface area contributed by atoms with E-state index in [1.54, 1.807) is 0 Å². The fourth-order valence-corrected chi connectivity index (χ4v) is 4.80. The van der Waals surface area contributed by atoms with Crippen LogP contribution in [-0.2, 0) is 13.0 Å². The maximum Gasteiger partial charge on any atom is 0.253 e. The number of benzene rings is 1. The van der Waals surface area contributed by atoms with Crippen molar-refractivity contribution in [2.75, 3.05) is 13.1 Å². The van der Waals surface area contributed by atoms with Crippen molar-refractivity contribution < 1.29 is 4.79 Å². The zero-order chi connectivity index (χ0) is 21.9. The molecule has 1 atom stereocenters. The Morgan fingerprint density at radius 1 is 1.03 bits per heavy atom. The molecule has 32 heavy (non-hydrogen) atoms. The molecule has 164 valence electrons. The van der Waals surface area contributed by atoms with Crippen LogP contribution in [0.3, 0.4) is 0 Å². The fraction of sp³-hybridized carbons (Fsp3) is 0.346. The van der Waals surface area contributed by atoms with Crippen molar-refractivity contribution >= 4 is 11.6 Å². The minimum absolute atomic E-state index is 0.144. The summed E-state index contributed by atoms with van der Waals surface area (Å²) < 4.78 is 4.18. The summed E-state index contributed by atoms with van der Waals surface area (Å²) in [5, 5.41) is 0. The normalized spacial score (nSPS) is 16.9. The quantitative estimate of drug-likeness (QED) is 0.475. The topological polar surface area (TPSA) is 55.4 Å². The van der Waals surface area contributed by atoms with Crippen LogP contribution in [0.25, 0.3) is 5.65 Å². The molecule has 0 radical (unpaired) electrons. The van der Waals surface area contributed by atoms with Gasteiger partial charge in [0, 0.05) is 56.2 Å². The molecule has 4 aromatic rings. The number of amides is 1. The molecule has 6 heteroatoms. The lowest BCUT2D eigenvalue weighted by Gasteiger charge is -2.21. The molecule has 1 aliphatic heterocycles. The zero-order valence-corrected chi connectivity index (χ0v) is 18.5. The molecule has 1 aromatic carbocycles. The lowest BCUT2D eigenvalue weighted by molar-refractivity contribution is 0.0760. The SMILES string of the molecule is Cc1nccn1Cc1cccc(C(=O)N2CCC[C@@H](Cc3cccn4ccnc34)CC2)c1. The molecule has 0 aliphatic carbocycles. The number of likely N-dealkylation sites (tertiary alicyclic amines) is 1. The van der Waals surface area contributed by atoms with Gasteiger partial charge in [0.25, 0.3) is 5.91 Å².